The van der Waals surface area contributed by atoms with Gasteiger partial charge in [-0.1, -0.05) is 13.8 Å². The molecule has 0 unspecified atom stereocenters. The van der Waals surface area contributed by atoms with E-state index in [9.17, 15) is 4.79 Å². The van der Waals surface area contributed by atoms with E-state index in [1.165, 1.54) is 0 Å². The van der Waals surface area contributed by atoms with Gasteiger partial charge in [-0.05, 0) is 12.8 Å². The average Bonchev–Trinajstić information content (AvgIpc) is 2.01. The summed E-state index contributed by atoms with van der Waals surface area (Å²) in [6.45, 7) is 4.00. The second-order valence-electron chi connectivity index (χ2n) is 2.54. The molecule has 0 spiro atoms. The topological polar surface area (TPSA) is 55.1 Å². The van der Waals surface area contributed by atoms with Gasteiger partial charge in [0.15, 0.2) is 0 Å². The van der Waals surface area contributed by atoms with Crippen molar-refractivity contribution in [3.8, 4) is 0 Å². The monoisotopic (exact) mass is 158 g/mol. The van der Waals surface area contributed by atoms with Crippen LogP contribution in [-0.4, -0.2) is 19.0 Å². The predicted molar refractivity (Wildman–Crippen MR) is 46.1 cm³/mol. The number of carbonyl (C=O) groups excluding carboxylic acids is 1. The first kappa shape index (κ1) is 10.4. The third-order valence-corrected chi connectivity index (χ3v) is 1.79. The SMILES string of the molecule is CC.CNC(=O)C1CC(N)C1. The second-order valence-corrected chi connectivity index (χ2v) is 2.54. The van der Waals surface area contributed by atoms with E-state index in [4.69, 9.17) is 5.73 Å². The average molecular weight is 158 g/mol. The van der Waals surface area contributed by atoms with Gasteiger partial charge in [-0.3, -0.25) is 4.79 Å². The number of rotatable bonds is 1. The number of nitrogens with two attached hydrogens (primary N) is 1. The molecule has 1 amide bonds. The highest BCUT2D eigenvalue weighted by atomic mass is 16.1. The van der Waals surface area contributed by atoms with Gasteiger partial charge in [0, 0.05) is 19.0 Å². The number of amides is 1. The number of carbonyl (C=O) groups is 1. The highest BCUT2D eigenvalue weighted by molar-refractivity contribution is 5.79. The Kier molecular flexibility index (Phi) is 4.86. The molecule has 1 fully saturated rings. The minimum absolute atomic E-state index is 0.136. The Morgan fingerprint density at radius 3 is 2.18 bits per heavy atom. The molecule has 0 radical (unpaired) electrons. The highest BCUT2D eigenvalue weighted by Crippen LogP contribution is 2.24. The minimum atomic E-state index is 0.136. The van der Waals surface area contributed by atoms with E-state index in [1.807, 2.05) is 13.8 Å². The van der Waals surface area contributed by atoms with Crippen LogP contribution in [0.25, 0.3) is 0 Å². The summed E-state index contributed by atoms with van der Waals surface area (Å²) in [5.74, 6) is 0.335. The molecule has 0 heterocycles. The van der Waals surface area contributed by atoms with Gasteiger partial charge in [0.2, 0.25) is 5.91 Å². The van der Waals surface area contributed by atoms with Crippen molar-refractivity contribution in [2.45, 2.75) is 32.7 Å². The zero-order valence-corrected chi connectivity index (χ0v) is 7.55. The number of hydrogen-bond acceptors (Lipinski definition) is 2. The van der Waals surface area contributed by atoms with Gasteiger partial charge in [-0.15, -0.1) is 0 Å². The lowest BCUT2D eigenvalue weighted by Gasteiger charge is -2.30. The molecule has 0 atom stereocenters. The van der Waals surface area contributed by atoms with Crippen LogP contribution in [0, 0.1) is 5.92 Å². The summed E-state index contributed by atoms with van der Waals surface area (Å²) in [7, 11) is 1.66. The van der Waals surface area contributed by atoms with Crippen molar-refractivity contribution in [1.82, 2.24) is 5.32 Å². The van der Waals surface area contributed by atoms with Gasteiger partial charge in [0.25, 0.3) is 0 Å². The summed E-state index contributed by atoms with van der Waals surface area (Å²) in [6.07, 6.45) is 1.72. The molecule has 3 heteroatoms. The molecule has 1 rings (SSSR count). The molecule has 0 aromatic carbocycles. The molecule has 3 nitrogen and oxygen atoms in total. The fourth-order valence-corrected chi connectivity index (χ4v) is 1.08. The molecule has 0 aliphatic heterocycles. The lowest BCUT2D eigenvalue weighted by molar-refractivity contribution is -0.127. The van der Waals surface area contributed by atoms with Crippen molar-refractivity contribution in [3.05, 3.63) is 0 Å². The normalized spacial score (nSPS) is 27.6. The van der Waals surface area contributed by atoms with E-state index in [2.05, 4.69) is 5.32 Å². The molecule has 0 saturated heterocycles. The van der Waals surface area contributed by atoms with Crippen molar-refractivity contribution in [2.24, 2.45) is 11.7 Å². The quantitative estimate of drug-likeness (QED) is 0.583. The van der Waals surface area contributed by atoms with Crippen LogP contribution in [-0.2, 0) is 4.79 Å². The van der Waals surface area contributed by atoms with E-state index in [0.29, 0.717) is 0 Å². The molecule has 66 valence electrons. The van der Waals surface area contributed by atoms with Gasteiger partial charge in [-0.2, -0.15) is 0 Å². The van der Waals surface area contributed by atoms with E-state index in [1.54, 1.807) is 7.05 Å². The Hall–Kier alpha value is -0.570. The maximum Gasteiger partial charge on any atom is 0.222 e. The summed E-state index contributed by atoms with van der Waals surface area (Å²) in [6, 6.07) is 0.271. The van der Waals surface area contributed by atoms with Gasteiger partial charge >= 0.3 is 0 Å². The second kappa shape index (κ2) is 5.13. The summed E-state index contributed by atoms with van der Waals surface area (Å²) in [5.41, 5.74) is 5.48. The van der Waals surface area contributed by atoms with E-state index >= 15 is 0 Å². The van der Waals surface area contributed by atoms with Crippen LogP contribution < -0.4 is 11.1 Å². The molecular formula is C8H18N2O. The Bertz CT molecular complexity index is 119. The summed E-state index contributed by atoms with van der Waals surface area (Å²) < 4.78 is 0. The molecular weight excluding hydrogens is 140 g/mol. The van der Waals surface area contributed by atoms with Crippen LogP contribution >= 0.6 is 0 Å². The molecule has 11 heavy (non-hydrogen) atoms. The number of nitrogens with one attached hydrogen (secondary N) is 1. The number of hydrogen-bond donors (Lipinski definition) is 2. The first-order chi connectivity index (χ1) is 5.24. The lowest BCUT2D eigenvalue weighted by atomic mass is 9.80. The van der Waals surface area contributed by atoms with Crippen molar-refractivity contribution >= 4 is 5.91 Å². The van der Waals surface area contributed by atoms with Crippen LogP contribution in [0.15, 0.2) is 0 Å². The molecule has 0 aromatic heterocycles. The Morgan fingerprint density at radius 1 is 1.45 bits per heavy atom. The third kappa shape index (κ3) is 2.89. The Morgan fingerprint density at radius 2 is 1.91 bits per heavy atom. The lowest BCUT2D eigenvalue weighted by Crippen LogP contribution is -2.44. The molecule has 0 aromatic rings. The van der Waals surface area contributed by atoms with Crippen molar-refractivity contribution in [2.75, 3.05) is 7.05 Å². The Balaban J connectivity index is 0.000000461. The fourth-order valence-electron chi connectivity index (χ4n) is 1.08. The van der Waals surface area contributed by atoms with E-state index in [-0.39, 0.29) is 17.9 Å². The molecule has 1 aliphatic carbocycles. The highest BCUT2D eigenvalue weighted by Gasteiger charge is 2.30. The largest absolute Gasteiger partial charge is 0.359 e. The van der Waals surface area contributed by atoms with E-state index < -0.39 is 0 Å². The molecule has 3 N–H and O–H groups in total. The van der Waals surface area contributed by atoms with Crippen LogP contribution in [0.4, 0.5) is 0 Å². The van der Waals surface area contributed by atoms with Crippen LogP contribution in [0.3, 0.4) is 0 Å². The van der Waals surface area contributed by atoms with Gasteiger partial charge in [0.05, 0.1) is 0 Å². The summed E-state index contributed by atoms with van der Waals surface area (Å²) in [5, 5.41) is 2.59. The summed E-state index contributed by atoms with van der Waals surface area (Å²) >= 11 is 0. The smallest absolute Gasteiger partial charge is 0.222 e. The zero-order valence-electron chi connectivity index (χ0n) is 7.55. The van der Waals surface area contributed by atoms with Gasteiger partial charge in [0.1, 0.15) is 0 Å². The standard InChI is InChI=1S/C6H12N2O.C2H6/c1-8-6(9)4-2-5(7)3-4;1-2/h4-5H,2-3,7H2,1H3,(H,8,9);1-2H3. The predicted octanol–water partition coefficient (Wildman–Crippen LogP) is 0.496. The van der Waals surface area contributed by atoms with Crippen molar-refractivity contribution in [3.63, 3.8) is 0 Å². The first-order valence-corrected chi connectivity index (χ1v) is 4.21. The first-order valence-electron chi connectivity index (χ1n) is 4.21. The van der Waals surface area contributed by atoms with Crippen LogP contribution in [0.5, 0.6) is 0 Å². The van der Waals surface area contributed by atoms with Crippen molar-refractivity contribution < 1.29 is 4.79 Å². The van der Waals surface area contributed by atoms with Crippen molar-refractivity contribution in [1.29, 1.82) is 0 Å². The molecule has 1 saturated carbocycles. The van der Waals surface area contributed by atoms with Gasteiger partial charge < -0.3 is 11.1 Å². The maximum absolute atomic E-state index is 10.8. The zero-order chi connectivity index (χ0) is 8.85. The molecule has 0 bridgehead atoms. The van der Waals surface area contributed by atoms with E-state index in [0.717, 1.165) is 12.8 Å². The van der Waals surface area contributed by atoms with Crippen LogP contribution in [0.2, 0.25) is 0 Å². The van der Waals surface area contributed by atoms with Crippen LogP contribution in [0.1, 0.15) is 26.7 Å². The summed E-state index contributed by atoms with van der Waals surface area (Å²) in [4.78, 5) is 10.8. The maximum atomic E-state index is 10.8. The minimum Gasteiger partial charge on any atom is -0.359 e. The third-order valence-electron chi connectivity index (χ3n) is 1.79. The molecule has 1 aliphatic rings. The fraction of sp³-hybridized carbons (Fsp3) is 0.875. The van der Waals surface area contributed by atoms with Gasteiger partial charge in [-0.25, -0.2) is 0 Å². The Labute approximate surface area is 68.3 Å².